The van der Waals surface area contributed by atoms with Gasteiger partial charge in [-0.05, 0) is 45.8 Å². The second-order valence-corrected chi connectivity index (χ2v) is 5.54. The minimum atomic E-state index is -0.340. The molecular formula is C16H15BrN2O4. The molecule has 2 aromatic carbocycles. The Bertz CT molecular complexity index is 747. The van der Waals surface area contributed by atoms with Crippen molar-refractivity contribution in [1.29, 1.82) is 0 Å². The Labute approximate surface area is 141 Å². The summed E-state index contributed by atoms with van der Waals surface area (Å²) in [6.45, 7) is 0. The number of ether oxygens (including phenoxy) is 1. The number of phenols is 2. The average Bonchev–Trinajstić information content (AvgIpc) is 2.51. The van der Waals surface area contributed by atoms with Crippen molar-refractivity contribution in [3.8, 4) is 17.2 Å². The first-order valence-electron chi connectivity index (χ1n) is 6.66. The molecule has 1 amide bonds. The minimum absolute atomic E-state index is 0.00298. The Morgan fingerprint density at radius 2 is 2.13 bits per heavy atom. The van der Waals surface area contributed by atoms with Gasteiger partial charge in [0.2, 0.25) is 5.91 Å². The highest BCUT2D eigenvalue weighted by Crippen LogP contribution is 2.31. The molecule has 0 aliphatic heterocycles. The first-order valence-corrected chi connectivity index (χ1v) is 7.45. The Kier molecular flexibility index (Phi) is 5.59. The summed E-state index contributed by atoms with van der Waals surface area (Å²) in [5, 5.41) is 23.1. The molecule has 0 saturated heterocycles. The predicted octanol–water partition coefficient (Wildman–Crippen LogP) is 2.56. The Balaban J connectivity index is 2.01. The third-order valence-corrected chi connectivity index (χ3v) is 3.57. The molecule has 0 bridgehead atoms. The molecule has 0 unspecified atom stereocenters. The standard InChI is InChI=1S/C16H15BrN2O4/c1-23-13-7-11(16(22)14(17)8-13)9-18-19-15(21)6-10-3-2-4-12(20)5-10/h2-5,7-9,20,22H,6H2,1H3,(H,19,21). The van der Waals surface area contributed by atoms with E-state index < -0.39 is 0 Å². The number of hydrogen-bond donors (Lipinski definition) is 3. The van der Waals surface area contributed by atoms with Gasteiger partial charge >= 0.3 is 0 Å². The molecule has 0 radical (unpaired) electrons. The summed E-state index contributed by atoms with van der Waals surface area (Å²) in [6, 6.07) is 9.64. The molecule has 2 rings (SSSR count). The van der Waals surface area contributed by atoms with Crippen molar-refractivity contribution < 1.29 is 19.7 Å². The van der Waals surface area contributed by atoms with E-state index >= 15 is 0 Å². The molecule has 0 aromatic heterocycles. The number of carbonyl (C=O) groups is 1. The zero-order chi connectivity index (χ0) is 16.8. The molecule has 0 heterocycles. The second-order valence-electron chi connectivity index (χ2n) is 4.69. The van der Waals surface area contributed by atoms with Gasteiger partial charge in [-0.3, -0.25) is 4.79 Å². The summed E-state index contributed by atoms with van der Waals surface area (Å²) >= 11 is 3.21. The molecule has 0 atom stereocenters. The van der Waals surface area contributed by atoms with Crippen LogP contribution >= 0.6 is 15.9 Å². The lowest BCUT2D eigenvalue weighted by Crippen LogP contribution is -2.19. The third kappa shape index (κ3) is 4.72. The van der Waals surface area contributed by atoms with Crippen LogP contribution in [0.5, 0.6) is 17.2 Å². The van der Waals surface area contributed by atoms with Gasteiger partial charge in [-0.25, -0.2) is 5.43 Å². The second kappa shape index (κ2) is 7.64. The quantitative estimate of drug-likeness (QED) is 0.550. The largest absolute Gasteiger partial charge is 0.508 e. The van der Waals surface area contributed by atoms with Gasteiger partial charge in [-0.15, -0.1) is 0 Å². The summed E-state index contributed by atoms with van der Waals surface area (Å²) < 4.78 is 5.56. The number of halogens is 1. The van der Waals surface area contributed by atoms with E-state index in [0.29, 0.717) is 21.3 Å². The van der Waals surface area contributed by atoms with Crippen LogP contribution in [0.15, 0.2) is 46.0 Å². The van der Waals surface area contributed by atoms with Gasteiger partial charge < -0.3 is 14.9 Å². The molecule has 23 heavy (non-hydrogen) atoms. The van der Waals surface area contributed by atoms with Crippen molar-refractivity contribution in [1.82, 2.24) is 5.43 Å². The zero-order valence-electron chi connectivity index (χ0n) is 12.3. The number of nitrogens with one attached hydrogen (secondary N) is 1. The Hall–Kier alpha value is -2.54. The number of rotatable bonds is 5. The molecule has 0 spiro atoms. The number of amides is 1. The molecule has 0 aliphatic rings. The van der Waals surface area contributed by atoms with Gasteiger partial charge in [0, 0.05) is 5.56 Å². The number of hydrogen-bond acceptors (Lipinski definition) is 5. The van der Waals surface area contributed by atoms with Crippen LogP contribution in [0.25, 0.3) is 0 Å². The summed E-state index contributed by atoms with van der Waals surface area (Å²) in [5.41, 5.74) is 3.43. The maximum absolute atomic E-state index is 11.8. The van der Waals surface area contributed by atoms with E-state index in [4.69, 9.17) is 4.74 Å². The van der Waals surface area contributed by atoms with Gasteiger partial charge in [0.15, 0.2) is 0 Å². The van der Waals surface area contributed by atoms with E-state index in [0.717, 1.165) is 0 Å². The van der Waals surface area contributed by atoms with Gasteiger partial charge in [0.25, 0.3) is 0 Å². The number of phenolic OH excluding ortho intramolecular Hbond substituents is 2. The lowest BCUT2D eigenvalue weighted by atomic mass is 10.1. The molecule has 120 valence electrons. The van der Waals surface area contributed by atoms with Gasteiger partial charge in [0.1, 0.15) is 17.2 Å². The van der Waals surface area contributed by atoms with Crippen LogP contribution in [0.4, 0.5) is 0 Å². The van der Waals surface area contributed by atoms with Crippen LogP contribution in [-0.4, -0.2) is 29.4 Å². The van der Waals surface area contributed by atoms with Crippen LogP contribution in [0, 0.1) is 0 Å². The highest BCUT2D eigenvalue weighted by atomic mass is 79.9. The lowest BCUT2D eigenvalue weighted by molar-refractivity contribution is -0.120. The van der Waals surface area contributed by atoms with Gasteiger partial charge in [-0.2, -0.15) is 5.10 Å². The molecule has 7 heteroatoms. The van der Waals surface area contributed by atoms with E-state index in [9.17, 15) is 15.0 Å². The predicted molar refractivity (Wildman–Crippen MR) is 89.9 cm³/mol. The van der Waals surface area contributed by atoms with Crippen molar-refractivity contribution in [3.63, 3.8) is 0 Å². The third-order valence-electron chi connectivity index (χ3n) is 2.97. The van der Waals surface area contributed by atoms with E-state index in [-0.39, 0.29) is 23.8 Å². The fourth-order valence-electron chi connectivity index (χ4n) is 1.88. The van der Waals surface area contributed by atoms with Gasteiger partial charge in [0.05, 0.1) is 24.2 Å². The summed E-state index contributed by atoms with van der Waals surface area (Å²) in [6.07, 6.45) is 1.41. The summed E-state index contributed by atoms with van der Waals surface area (Å²) in [7, 11) is 1.51. The van der Waals surface area contributed by atoms with Crippen LogP contribution in [-0.2, 0) is 11.2 Å². The molecule has 0 saturated carbocycles. The molecule has 6 nitrogen and oxygen atoms in total. The molecule has 3 N–H and O–H groups in total. The first-order chi connectivity index (χ1) is 11.0. The monoisotopic (exact) mass is 378 g/mol. The smallest absolute Gasteiger partial charge is 0.244 e. The SMILES string of the molecule is COc1cc(Br)c(O)c(C=NNC(=O)Cc2cccc(O)c2)c1. The zero-order valence-corrected chi connectivity index (χ0v) is 13.9. The Morgan fingerprint density at radius 3 is 2.83 bits per heavy atom. The number of hydrazone groups is 1. The van der Waals surface area contributed by atoms with Crippen molar-refractivity contribution in [2.24, 2.45) is 5.10 Å². The normalized spacial score (nSPS) is 10.7. The first kappa shape index (κ1) is 16.8. The highest BCUT2D eigenvalue weighted by molar-refractivity contribution is 9.10. The van der Waals surface area contributed by atoms with Crippen LogP contribution in [0.2, 0.25) is 0 Å². The maximum Gasteiger partial charge on any atom is 0.244 e. The van der Waals surface area contributed by atoms with E-state index in [1.165, 1.54) is 25.5 Å². The van der Waals surface area contributed by atoms with E-state index in [2.05, 4.69) is 26.5 Å². The highest BCUT2D eigenvalue weighted by Gasteiger charge is 2.07. The Morgan fingerprint density at radius 1 is 1.35 bits per heavy atom. The fourth-order valence-corrected chi connectivity index (χ4v) is 2.33. The molecular weight excluding hydrogens is 364 g/mol. The summed E-state index contributed by atoms with van der Waals surface area (Å²) in [5.74, 6) is 0.303. The van der Waals surface area contributed by atoms with Crippen LogP contribution in [0.1, 0.15) is 11.1 Å². The van der Waals surface area contributed by atoms with Crippen LogP contribution in [0.3, 0.4) is 0 Å². The molecule has 0 fully saturated rings. The van der Waals surface area contributed by atoms with Crippen molar-refractivity contribution in [3.05, 3.63) is 52.0 Å². The molecule has 2 aromatic rings. The number of carbonyl (C=O) groups excluding carboxylic acids is 1. The van der Waals surface area contributed by atoms with Crippen LogP contribution < -0.4 is 10.2 Å². The lowest BCUT2D eigenvalue weighted by Gasteiger charge is -2.06. The number of methoxy groups -OCH3 is 1. The fraction of sp³-hybridized carbons (Fsp3) is 0.125. The number of aromatic hydroxyl groups is 2. The summed E-state index contributed by atoms with van der Waals surface area (Å²) in [4.78, 5) is 11.8. The number of benzene rings is 2. The maximum atomic E-state index is 11.8. The van der Waals surface area contributed by atoms with Gasteiger partial charge in [-0.1, -0.05) is 12.1 Å². The molecule has 0 aliphatic carbocycles. The number of nitrogens with zero attached hydrogens (tertiary/aromatic N) is 1. The van der Waals surface area contributed by atoms with E-state index in [1.54, 1.807) is 24.3 Å². The topological polar surface area (TPSA) is 91.2 Å². The van der Waals surface area contributed by atoms with Crippen molar-refractivity contribution in [2.45, 2.75) is 6.42 Å². The minimum Gasteiger partial charge on any atom is -0.508 e. The van der Waals surface area contributed by atoms with Crippen molar-refractivity contribution >= 4 is 28.1 Å². The average molecular weight is 379 g/mol. The van der Waals surface area contributed by atoms with Crippen molar-refractivity contribution in [2.75, 3.05) is 7.11 Å². The van der Waals surface area contributed by atoms with E-state index in [1.807, 2.05) is 0 Å².